The first-order chi connectivity index (χ1) is 14.8. The standard InChI is InChI=1S/C21H16BrCl2NO5S/c1-2-29-18(26)11-30-19-15(23)7-13(8-16(19)24)9-17-20(27)25(21(28)31-17)10-12-3-5-14(22)6-4-12/h3-9H,2,10-11H2,1H3/b17-9-. The second-order valence-corrected chi connectivity index (χ2v) is 9.02. The molecule has 1 fully saturated rings. The van der Waals surface area contributed by atoms with E-state index >= 15 is 0 Å². The number of imide groups is 1. The Bertz CT molecular complexity index is 1040. The summed E-state index contributed by atoms with van der Waals surface area (Å²) in [6.45, 7) is 1.77. The van der Waals surface area contributed by atoms with Crippen molar-refractivity contribution < 1.29 is 23.9 Å². The van der Waals surface area contributed by atoms with Gasteiger partial charge in [-0.15, -0.1) is 0 Å². The minimum atomic E-state index is -0.543. The Morgan fingerprint density at radius 3 is 2.42 bits per heavy atom. The fourth-order valence-corrected chi connectivity index (χ4v) is 4.41. The van der Waals surface area contributed by atoms with Gasteiger partial charge in [0.05, 0.1) is 28.1 Å². The molecule has 0 spiro atoms. The number of benzene rings is 2. The van der Waals surface area contributed by atoms with E-state index in [0.29, 0.717) is 5.56 Å². The maximum Gasteiger partial charge on any atom is 0.344 e. The molecule has 0 aliphatic carbocycles. The van der Waals surface area contributed by atoms with Crippen LogP contribution in [0, 0.1) is 0 Å². The molecule has 1 heterocycles. The number of nitrogens with zero attached hydrogens (tertiary/aromatic N) is 1. The molecule has 1 aliphatic rings. The highest BCUT2D eigenvalue weighted by Crippen LogP contribution is 2.37. The van der Waals surface area contributed by atoms with Crippen molar-refractivity contribution in [1.82, 2.24) is 4.90 Å². The summed E-state index contributed by atoms with van der Waals surface area (Å²) in [5.41, 5.74) is 1.36. The van der Waals surface area contributed by atoms with Gasteiger partial charge in [-0.1, -0.05) is 51.3 Å². The van der Waals surface area contributed by atoms with E-state index in [-0.39, 0.29) is 45.7 Å². The molecule has 10 heteroatoms. The van der Waals surface area contributed by atoms with Gasteiger partial charge in [-0.3, -0.25) is 14.5 Å². The first-order valence-electron chi connectivity index (χ1n) is 9.05. The van der Waals surface area contributed by atoms with Crippen LogP contribution in [0.2, 0.25) is 10.0 Å². The second-order valence-electron chi connectivity index (χ2n) is 6.30. The quantitative estimate of drug-likeness (QED) is 0.317. The van der Waals surface area contributed by atoms with E-state index in [0.717, 1.165) is 21.8 Å². The molecule has 1 saturated heterocycles. The molecule has 2 amide bonds. The highest BCUT2D eigenvalue weighted by Gasteiger charge is 2.35. The minimum absolute atomic E-state index is 0.136. The molecule has 0 N–H and O–H groups in total. The molecule has 0 radical (unpaired) electrons. The van der Waals surface area contributed by atoms with Gasteiger partial charge in [0.25, 0.3) is 11.1 Å². The van der Waals surface area contributed by atoms with Crippen molar-refractivity contribution in [1.29, 1.82) is 0 Å². The minimum Gasteiger partial charge on any atom is -0.479 e. The number of halogens is 3. The number of amides is 2. The van der Waals surface area contributed by atoms with Crippen LogP contribution in [0.5, 0.6) is 5.75 Å². The van der Waals surface area contributed by atoms with E-state index in [1.807, 2.05) is 24.3 Å². The van der Waals surface area contributed by atoms with Crippen molar-refractivity contribution in [3.63, 3.8) is 0 Å². The molecular weight excluding hydrogens is 529 g/mol. The van der Waals surface area contributed by atoms with Crippen LogP contribution in [-0.2, 0) is 20.9 Å². The van der Waals surface area contributed by atoms with Crippen LogP contribution in [0.1, 0.15) is 18.1 Å². The van der Waals surface area contributed by atoms with Gasteiger partial charge in [-0.2, -0.15) is 0 Å². The summed E-state index contributed by atoms with van der Waals surface area (Å²) in [5, 5.41) is -0.0277. The zero-order valence-electron chi connectivity index (χ0n) is 16.2. The van der Waals surface area contributed by atoms with Gasteiger partial charge >= 0.3 is 5.97 Å². The number of thioether (sulfide) groups is 1. The van der Waals surface area contributed by atoms with Crippen molar-refractivity contribution in [3.05, 3.63) is 66.9 Å². The van der Waals surface area contributed by atoms with E-state index in [9.17, 15) is 14.4 Å². The van der Waals surface area contributed by atoms with Crippen molar-refractivity contribution in [2.24, 2.45) is 0 Å². The van der Waals surface area contributed by atoms with Crippen LogP contribution >= 0.6 is 50.9 Å². The summed E-state index contributed by atoms with van der Waals surface area (Å²) in [4.78, 5) is 38.0. The van der Waals surface area contributed by atoms with Gasteiger partial charge in [0, 0.05) is 4.47 Å². The average Bonchev–Trinajstić information content (AvgIpc) is 2.96. The third kappa shape index (κ3) is 6.04. The maximum absolute atomic E-state index is 12.7. The van der Waals surface area contributed by atoms with Crippen molar-refractivity contribution >= 4 is 74.1 Å². The average molecular weight is 545 g/mol. The van der Waals surface area contributed by atoms with Gasteiger partial charge < -0.3 is 9.47 Å². The second kappa shape index (κ2) is 10.5. The first kappa shape index (κ1) is 23.7. The van der Waals surface area contributed by atoms with Crippen LogP contribution in [0.4, 0.5) is 4.79 Å². The Morgan fingerprint density at radius 1 is 1.16 bits per heavy atom. The molecule has 6 nitrogen and oxygen atoms in total. The van der Waals surface area contributed by atoms with Crippen LogP contribution in [-0.4, -0.2) is 35.2 Å². The van der Waals surface area contributed by atoms with Crippen molar-refractivity contribution in [3.8, 4) is 5.75 Å². The van der Waals surface area contributed by atoms with Crippen molar-refractivity contribution in [2.75, 3.05) is 13.2 Å². The lowest BCUT2D eigenvalue weighted by Crippen LogP contribution is -2.27. The van der Waals surface area contributed by atoms with E-state index in [1.165, 1.54) is 17.0 Å². The third-order valence-electron chi connectivity index (χ3n) is 4.09. The van der Waals surface area contributed by atoms with Gasteiger partial charge in [0.1, 0.15) is 0 Å². The SMILES string of the molecule is CCOC(=O)COc1c(Cl)cc(/C=C2\SC(=O)N(Cc3ccc(Br)cc3)C2=O)cc1Cl. The Kier molecular flexibility index (Phi) is 8.05. The van der Waals surface area contributed by atoms with E-state index in [2.05, 4.69) is 15.9 Å². The van der Waals surface area contributed by atoms with Crippen molar-refractivity contribution in [2.45, 2.75) is 13.5 Å². The van der Waals surface area contributed by atoms with E-state index in [1.54, 1.807) is 13.0 Å². The first-order valence-corrected chi connectivity index (χ1v) is 11.4. The van der Waals surface area contributed by atoms with E-state index in [4.69, 9.17) is 32.7 Å². The number of carbonyl (C=O) groups excluding carboxylic acids is 3. The monoisotopic (exact) mass is 543 g/mol. The predicted molar refractivity (Wildman–Crippen MR) is 124 cm³/mol. The topological polar surface area (TPSA) is 72.9 Å². The maximum atomic E-state index is 12.7. The normalized spacial score (nSPS) is 15.0. The molecule has 0 aromatic heterocycles. The smallest absolute Gasteiger partial charge is 0.344 e. The fraction of sp³-hybridized carbons (Fsp3) is 0.190. The van der Waals surface area contributed by atoms with Crippen LogP contribution in [0.15, 0.2) is 45.8 Å². The molecule has 0 bridgehead atoms. The molecule has 0 unspecified atom stereocenters. The summed E-state index contributed by atoms with van der Waals surface area (Å²) in [7, 11) is 0. The Morgan fingerprint density at radius 2 is 1.81 bits per heavy atom. The molecule has 0 atom stereocenters. The number of esters is 1. The zero-order chi connectivity index (χ0) is 22.5. The van der Waals surface area contributed by atoms with Crippen LogP contribution < -0.4 is 4.74 Å². The molecule has 31 heavy (non-hydrogen) atoms. The highest BCUT2D eigenvalue weighted by atomic mass is 79.9. The summed E-state index contributed by atoms with van der Waals surface area (Å²) >= 11 is 16.7. The number of carbonyl (C=O) groups is 3. The van der Waals surface area contributed by atoms with Gasteiger partial charge in [0.2, 0.25) is 0 Å². The Balaban J connectivity index is 1.75. The molecule has 1 aliphatic heterocycles. The molecule has 0 saturated carbocycles. The van der Waals surface area contributed by atoms with Gasteiger partial charge in [-0.25, -0.2) is 4.79 Å². The molecule has 2 aromatic carbocycles. The van der Waals surface area contributed by atoms with E-state index < -0.39 is 11.9 Å². The van der Waals surface area contributed by atoms with Gasteiger partial charge in [-0.05, 0) is 60.2 Å². The summed E-state index contributed by atoms with van der Waals surface area (Å²) in [5.74, 6) is -0.803. The lowest BCUT2D eigenvalue weighted by Gasteiger charge is -2.12. The Labute approximate surface area is 201 Å². The summed E-state index contributed by atoms with van der Waals surface area (Å²) in [6, 6.07) is 10.4. The lowest BCUT2D eigenvalue weighted by molar-refractivity contribution is -0.145. The highest BCUT2D eigenvalue weighted by molar-refractivity contribution is 9.10. The largest absolute Gasteiger partial charge is 0.479 e. The Hall–Kier alpha value is -2.00. The summed E-state index contributed by atoms with van der Waals surface area (Å²) in [6.07, 6.45) is 1.54. The fourth-order valence-electron chi connectivity index (χ4n) is 2.69. The number of rotatable bonds is 7. The summed E-state index contributed by atoms with van der Waals surface area (Å²) < 4.78 is 11.0. The molecular formula is C21H16BrCl2NO5S. The zero-order valence-corrected chi connectivity index (χ0v) is 20.1. The van der Waals surface area contributed by atoms with Gasteiger partial charge in [0.15, 0.2) is 12.4 Å². The predicted octanol–water partition coefficient (Wildman–Crippen LogP) is 5.93. The molecule has 2 aromatic rings. The van der Waals surface area contributed by atoms with Crippen LogP contribution in [0.3, 0.4) is 0 Å². The third-order valence-corrected chi connectivity index (χ3v) is 6.08. The number of hydrogen-bond acceptors (Lipinski definition) is 6. The number of ether oxygens (including phenoxy) is 2. The molecule has 3 rings (SSSR count). The lowest BCUT2D eigenvalue weighted by atomic mass is 10.2. The van der Waals surface area contributed by atoms with Crippen LogP contribution in [0.25, 0.3) is 6.08 Å². The number of hydrogen-bond donors (Lipinski definition) is 0. The molecule has 162 valence electrons.